The van der Waals surface area contributed by atoms with Crippen molar-refractivity contribution >= 4 is 23.5 Å². The van der Waals surface area contributed by atoms with Crippen molar-refractivity contribution in [3.05, 3.63) is 42.2 Å². The minimum Gasteiger partial charge on any atom is -0.455 e. The van der Waals surface area contributed by atoms with Crippen LogP contribution in [0.2, 0.25) is 0 Å². The zero-order chi connectivity index (χ0) is 18.4. The Bertz CT molecular complexity index is 762. The summed E-state index contributed by atoms with van der Waals surface area (Å²) in [6.45, 7) is -0.0691. The van der Waals surface area contributed by atoms with Gasteiger partial charge in [0.05, 0.1) is 19.4 Å². The molecule has 0 atom stereocenters. The van der Waals surface area contributed by atoms with E-state index in [9.17, 15) is 13.2 Å². The predicted octanol–water partition coefficient (Wildman–Crippen LogP) is 2.72. The molecule has 25 heavy (non-hydrogen) atoms. The number of alkyl halides is 3. The molecule has 0 radical (unpaired) electrons. The number of nitrogens with two attached hydrogens (primary N) is 1. The van der Waals surface area contributed by atoms with Gasteiger partial charge in [-0.05, 0) is 36.5 Å². The first-order chi connectivity index (χ1) is 11.8. The first kappa shape index (κ1) is 18.7. The number of thiocarbonyl (C=S) groups is 1. The highest BCUT2D eigenvalue weighted by Crippen LogP contribution is 2.28. The van der Waals surface area contributed by atoms with Crippen LogP contribution in [0.4, 0.5) is 13.2 Å². The number of benzene rings is 1. The number of rotatable bonds is 6. The molecule has 1 aromatic heterocycles. The van der Waals surface area contributed by atoms with Crippen LogP contribution in [0.1, 0.15) is 5.76 Å². The third kappa shape index (κ3) is 5.76. The van der Waals surface area contributed by atoms with Crippen molar-refractivity contribution in [2.45, 2.75) is 6.36 Å². The van der Waals surface area contributed by atoms with Gasteiger partial charge in [0, 0.05) is 5.56 Å². The molecule has 0 aliphatic rings. The summed E-state index contributed by atoms with van der Waals surface area (Å²) in [5, 5.41) is 14.1. The molecule has 0 bridgehead atoms. The van der Waals surface area contributed by atoms with E-state index in [0.29, 0.717) is 17.1 Å². The van der Waals surface area contributed by atoms with Gasteiger partial charge in [-0.3, -0.25) is 0 Å². The van der Waals surface area contributed by atoms with Crippen LogP contribution in [-0.2, 0) is 0 Å². The standard InChI is InChI=1S/C15H14F3N3O3S/c16-15(17,18)24-11-3-1-2-10(8-11)13-5-4-12(23-13)9-20-21(6-7-22)14(19)25/h1-5,8-9,22H,6-7H2,(H2,19,25). The van der Waals surface area contributed by atoms with Crippen LogP contribution in [0.25, 0.3) is 11.3 Å². The van der Waals surface area contributed by atoms with Crippen molar-refractivity contribution in [2.24, 2.45) is 10.8 Å². The molecule has 3 N–H and O–H groups in total. The molecule has 1 heterocycles. The van der Waals surface area contributed by atoms with Gasteiger partial charge in [-0.1, -0.05) is 12.1 Å². The predicted molar refractivity (Wildman–Crippen MR) is 89.0 cm³/mol. The number of aliphatic hydroxyl groups excluding tert-OH is 1. The van der Waals surface area contributed by atoms with Gasteiger partial charge in [0.1, 0.15) is 17.3 Å². The fourth-order valence-electron chi connectivity index (χ4n) is 1.87. The van der Waals surface area contributed by atoms with Crippen LogP contribution in [0, 0.1) is 0 Å². The number of aliphatic hydroxyl groups is 1. The Kier molecular flexibility index (Phi) is 5.99. The summed E-state index contributed by atoms with van der Waals surface area (Å²) in [5.74, 6) is 0.314. The summed E-state index contributed by atoms with van der Waals surface area (Å²) in [4.78, 5) is 0. The summed E-state index contributed by atoms with van der Waals surface area (Å²) in [6.07, 6.45) is -3.44. The second-order valence-electron chi connectivity index (χ2n) is 4.71. The second kappa shape index (κ2) is 7.99. The third-order valence-electron chi connectivity index (χ3n) is 2.87. The van der Waals surface area contributed by atoms with Crippen molar-refractivity contribution < 1.29 is 27.4 Å². The molecule has 6 nitrogen and oxygen atoms in total. The Morgan fingerprint density at radius 2 is 2.12 bits per heavy atom. The van der Waals surface area contributed by atoms with Gasteiger partial charge in [0.25, 0.3) is 0 Å². The largest absolute Gasteiger partial charge is 0.573 e. The number of ether oxygens (including phenoxy) is 1. The monoisotopic (exact) mass is 373 g/mol. The molecule has 0 spiro atoms. The lowest BCUT2D eigenvalue weighted by Crippen LogP contribution is -2.33. The van der Waals surface area contributed by atoms with Crippen LogP contribution < -0.4 is 10.5 Å². The van der Waals surface area contributed by atoms with Crippen LogP contribution in [0.5, 0.6) is 5.75 Å². The van der Waals surface area contributed by atoms with E-state index in [1.165, 1.54) is 29.4 Å². The van der Waals surface area contributed by atoms with E-state index in [4.69, 9.17) is 27.5 Å². The molecular weight excluding hydrogens is 359 g/mol. The van der Waals surface area contributed by atoms with Crippen molar-refractivity contribution in [2.75, 3.05) is 13.2 Å². The Morgan fingerprint density at radius 1 is 1.36 bits per heavy atom. The Hall–Kier alpha value is -2.59. The molecule has 0 unspecified atom stereocenters. The summed E-state index contributed by atoms with van der Waals surface area (Å²) in [6, 6.07) is 8.55. The first-order valence-electron chi connectivity index (χ1n) is 6.96. The summed E-state index contributed by atoms with van der Waals surface area (Å²) >= 11 is 4.78. The van der Waals surface area contributed by atoms with Gasteiger partial charge in [0.2, 0.25) is 0 Å². The maximum atomic E-state index is 12.3. The van der Waals surface area contributed by atoms with Gasteiger partial charge in [-0.2, -0.15) is 5.10 Å². The molecule has 0 fully saturated rings. The highest BCUT2D eigenvalue weighted by atomic mass is 32.1. The average molecular weight is 373 g/mol. The first-order valence-corrected chi connectivity index (χ1v) is 7.37. The van der Waals surface area contributed by atoms with E-state index in [2.05, 4.69) is 9.84 Å². The second-order valence-corrected chi connectivity index (χ2v) is 5.13. The van der Waals surface area contributed by atoms with E-state index in [0.717, 1.165) is 0 Å². The van der Waals surface area contributed by atoms with Gasteiger partial charge < -0.3 is 20.0 Å². The maximum Gasteiger partial charge on any atom is 0.573 e. The topological polar surface area (TPSA) is 84.2 Å². The highest BCUT2D eigenvalue weighted by molar-refractivity contribution is 7.80. The summed E-state index contributed by atoms with van der Waals surface area (Å²) in [7, 11) is 0. The molecule has 0 aliphatic heterocycles. The van der Waals surface area contributed by atoms with Crippen molar-refractivity contribution in [3.8, 4) is 17.1 Å². The van der Waals surface area contributed by atoms with Crippen LogP contribution in [0.3, 0.4) is 0 Å². The van der Waals surface area contributed by atoms with Gasteiger partial charge in [-0.25, -0.2) is 5.01 Å². The Morgan fingerprint density at radius 3 is 2.76 bits per heavy atom. The quantitative estimate of drug-likeness (QED) is 0.460. The molecule has 0 saturated heterocycles. The maximum absolute atomic E-state index is 12.3. The van der Waals surface area contributed by atoms with Crippen LogP contribution in [0.15, 0.2) is 45.9 Å². The number of halogens is 3. The minimum atomic E-state index is -4.77. The lowest BCUT2D eigenvalue weighted by Gasteiger charge is -2.14. The number of hydrazone groups is 1. The normalized spacial score (nSPS) is 11.7. The number of hydrogen-bond donors (Lipinski definition) is 2. The SMILES string of the molecule is NC(=S)N(CCO)N=Cc1ccc(-c2cccc(OC(F)(F)F)c2)o1. The Balaban J connectivity index is 2.16. The zero-order valence-corrected chi connectivity index (χ0v) is 13.5. The molecule has 134 valence electrons. The molecule has 10 heteroatoms. The number of furan rings is 1. The fraction of sp³-hybridized carbons (Fsp3) is 0.200. The molecule has 0 amide bonds. The van der Waals surface area contributed by atoms with Crippen LogP contribution in [-0.4, -0.2) is 41.0 Å². The molecule has 0 saturated carbocycles. The molecule has 2 rings (SSSR count). The molecule has 0 aliphatic carbocycles. The minimum absolute atomic E-state index is 0.0194. The average Bonchev–Trinajstić information content (AvgIpc) is 2.98. The van der Waals surface area contributed by atoms with Crippen molar-refractivity contribution in [1.29, 1.82) is 0 Å². The van der Waals surface area contributed by atoms with E-state index in [1.54, 1.807) is 18.2 Å². The highest BCUT2D eigenvalue weighted by Gasteiger charge is 2.31. The Labute approximate surface area is 146 Å². The number of hydrogen-bond acceptors (Lipinski definition) is 5. The molecule has 2 aromatic rings. The molecule has 1 aromatic carbocycles. The van der Waals surface area contributed by atoms with E-state index >= 15 is 0 Å². The van der Waals surface area contributed by atoms with E-state index < -0.39 is 6.36 Å². The van der Waals surface area contributed by atoms with Gasteiger partial charge in [-0.15, -0.1) is 13.2 Å². The van der Waals surface area contributed by atoms with Crippen molar-refractivity contribution in [3.63, 3.8) is 0 Å². The number of nitrogens with zero attached hydrogens (tertiary/aromatic N) is 2. The van der Waals surface area contributed by atoms with Crippen LogP contribution >= 0.6 is 12.2 Å². The lowest BCUT2D eigenvalue weighted by atomic mass is 10.2. The van der Waals surface area contributed by atoms with Crippen molar-refractivity contribution in [1.82, 2.24) is 5.01 Å². The smallest absolute Gasteiger partial charge is 0.455 e. The van der Waals surface area contributed by atoms with E-state index in [-0.39, 0.29) is 24.0 Å². The fourth-order valence-corrected chi connectivity index (χ4v) is 2.01. The van der Waals surface area contributed by atoms with Gasteiger partial charge in [0.15, 0.2) is 5.11 Å². The summed E-state index contributed by atoms with van der Waals surface area (Å²) in [5.41, 5.74) is 5.85. The van der Waals surface area contributed by atoms with Gasteiger partial charge >= 0.3 is 6.36 Å². The third-order valence-corrected chi connectivity index (χ3v) is 3.08. The summed E-state index contributed by atoms with van der Waals surface area (Å²) < 4.78 is 46.2. The van der Waals surface area contributed by atoms with E-state index in [1.807, 2.05) is 0 Å². The zero-order valence-electron chi connectivity index (χ0n) is 12.7. The molecular formula is C15H14F3N3O3S. The lowest BCUT2D eigenvalue weighted by molar-refractivity contribution is -0.274.